The van der Waals surface area contributed by atoms with Crippen LogP contribution >= 0.6 is 0 Å². The summed E-state index contributed by atoms with van der Waals surface area (Å²) in [4.78, 5) is 23.7. The average molecular weight is 388 g/mol. The fraction of sp³-hybridized carbons (Fsp3) is 0.0909. The average Bonchev–Trinajstić information content (AvgIpc) is 2.76. The largest absolute Gasteiger partial charge is 0.497 e. The molecule has 0 amide bonds. The second-order valence-electron chi connectivity index (χ2n) is 5.56. The van der Waals surface area contributed by atoms with E-state index in [9.17, 15) is 14.9 Å². The fourth-order valence-electron chi connectivity index (χ4n) is 2.21. The normalized spacial score (nSPS) is 11.0. The van der Waals surface area contributed by atoms with E-state index in [1.54, 1.807) is 49.6 Å². The molecule has 2 rings (SSSR count). The number of methoxy groups -OCH3 is 2. The monoisotopic (exact) mass is 388 g/mol. The summed E-state index contributed by atoms with van der Waals surface area (Å²) in [6.45, 7) is 0. The van der Waals surface area contributed by atoms with Gasteiger partial charge in [-0.15, -0.1) is 0 Å². The quantitative estimate of drug-likeness (QED) is 0.323. The van der Waals surface area contributed by atoms with Crippen molar-refractivity contribution >= 4 is 24.1 Å². The number of carbonyl (C=O) groups is 2. The maximum Gasteiger partial charge on any atom is 0.354 e. The number of ether oxygens (including phenoxy) is 3. The Morgan fingerprint density at radius 3 is 1.62 bits per heavy atom. The Labute approximate surface area is 167 Å². The molecule has 7 nitrogen and oxygen atoms in total. The highest BCUT2D eigenvalue weighted by Crippen LogP contribution is 2.18. The van der Waals surface area contributed by atoms with Crippen LogP contribution in [0.3, 0.4) is 0 Å². The lowest BCUT2D eigenvalue weighted by Gasteiger charge is -2.04. The molecule has 0 atom stereocenters. The predicted molar refractivity (Wildman–Crippen MR) is 104 cm³/mol. The van der Waals surface area contributed by atoms with Gasteiger partial charge in [-0.05, 0) is 47.5 Å². The molecular formula is C22H16N2O5. The molecule has 0 fully saturated rings. The van der Waals surface area contributed by atoms with Crippen LogP contribution in [0, 0.1) is 22.7 Å². The van der Waals surface area contributed by atoms with Crippen LogP contribution in [0.5, 0.6) is 11.5 Å². The summed E-state index contributed by atoms with van der Waals surface area (Å²) in [5, 5.41) is 18.2. The van der Waals surface area contributed by atoms with Gasteiger partial charge in [0.25, 0.3) is 0 Å². The number of esters is 2. The molecule has 0 heterocycles. The summed E-state index contributed by atoms with van der Waals surface area (Å²) < 4.78 is 14.8. The van der Waals surface area contributed by atoms with Gasteiger partial charge in [0.05, 0.1) is 14.2 Å². The van der Waals surface area contributed by atoms with Crippen molar-refractivity contribution in [2.75, 3.05) is 14.2 Å². The topological polar surface area (TPSA) is 109 Å². The van der Waals surface area contributed by atoms with Crippen molar-refractivity contribution in [1.82, 2.24) is 0 Å². The molecule has 0 aliphatic carbocycles. The molecule has 0 spiro atoms. The molecule has 0 N–H and O–H groups in total. The van der Waals surface area contributed by atoms with E-state index >= 15 is 0 Å². The first kappa shape index (κ1) is 20.9. The highest BCUT2D eigenvalue weighted by molar-refractivity contribution is 5.99. The number of benzene rings is 2. The van der Waals surface area contributed by atoms with Gasteiger partial charge < -0.3 is 14.2 Å². The third-order valence-corrected chi connectivity index (χ3v) is 3.69. The lowest BCUT2D eigenvalue weighted by atomic mass is 10.1. The van der Waals surface area contributed by atoms with Crippen LogP contribution in [0.25, 0.3) is 12.2 Å². The molecule has 144 valence electrons. The van der Waals surface area contributed by atoms with Crippen LogP contribution < -0.4 is 9.47 Å². The molecule has 0 saturated carbocycles. The summed E-state index contributed by atoms with van der Waals surface area (Å²) in [5.41, 5.74) is 0.857. The van der Waals surface area contributed by atoms with Crippen LogP contribution in [0.15, 0.2) is 59.7 Å². The standard InChI is InChI=1S/C22H16N2O5/c1-27-19-7-3-15(4-8-19)12-18(14-24)22(26)29-20-9-5-16(6-10-20)11-17(13-23)21(25)28-2/h3-12H,1-2H3. The zero-order valence-corrected chi connectivity index (χ0v) is 15.7. The molecule has 7 heteroatoms. The van der Waals surface area contributed by atoms with Crippen molar-refractivity contribution in [2.24, 2.45) is 0 Å². The van der Waals surface area contributed by atoms with Crippen molar-refractivity contribution in [3.63, 3.8) is 0 Å². The molecule has 0 unspecified atom stereocenters. The highest BCUT2D eigenvalue weighted by Gasteiger charge is 2.13. The lowest BCUT2D eigenvalue weighted by molar-refractivity contribution is -0.135. The minimum absolute atomic E-state index is 0.161. The van der Waals surface area contributed by atoms with Crippen molar-refractivity contribution in [3.8, 4) is 23.6 Å². The Morgan fingerprint density at radius 1 is 0.759 bits per heavy atom. The first-order chi connectivity index (χ1) is 14.0. The smallest absolute Gasteiger partial charge is 0.354 e. The highest BCUT2D eigenvalue weighted by atomic mass is 16.5. The molecular weight excluding hydrogens is 372 g/mol. The Hall–Kier alpha value is -4.36. The zero-order chi connectivity index (χ0) is 21.2. The van der Waals surface area contributed by atoms with Crippen molar-refractivity contribution in [1.29, 1.82) is 10.5 Å². The summed E-state index contributed by atoms with van der Waals surface area (Å²) in [7, 11) is 2.73. The zero-order valence-electron chi connectivity index (χ0n) is 15.7. The second kappa shape index (κ2) is 10.1. The molecule has 2 aromatic carbocycles. The van der Waals surface area contributed by atoms with Crippen molar-refractivity contribution < 1.29 is 23.8 Å². The van der Waals surface area contributed by atoms with E-state index in [1.807, 2.05) is 6.07 Å². The van der Waals surface area contributed by atoms with Gasteiger partial charge in [0.2, 0.25) is 0 Å². The Kier molecular flexibility index (Phi) is 7.29. The van der Waals surface area contributed by atoms with E-state index in [4.69, 9.17) is 14.7 Å². The number of nitriles is 2. The number of rotatable bonds is 6. The van der Waals surface area contributed by atoms with Crippen LogP contribution in [0.4, 0.5) is 0 Å². The summed E-state index contributed by atoms with van der Waals surface area (Å²) in [6.07, 6.45) is 2.76. The number of hydrogen-bond acceptors (Lipinski definition) is 7. The van der Waals surface area contributed by atoms with Crippen molar-refractivity contribution in [3.05, 3.63) is 70.8 Å². The molecule has 29 heavy (non-hydrogen) atoms. The number of hydrogen-bond donors (Lipinski definition) is 0. The van der Waals surface area contributed by atoms with Crippen LogP contribution in [-0.2, 0) is 14.3 Å². The lowest BCUT2D eigenvalue weighted by Crippen LogP contribution is -2.10. The van der Waals surface area contributed by atoms with Gasteiger partial charge in [0.15, 0.2) is 0 Å². The van der Waals surface area contributed by atoms with Crippen LogP contribution in [0.2, 0.25) is 0 Å². The van der Waals surface area contributed by atoms with E-state index in [0.29, 0.717) is 16.9 Å². The Bertz CT molecular complexity index is 1040. The van der Waals surface area contributed by atoms with E-state index < -0.39 is 11.9 Å². The number of carbonyl (C=O) groups excluding carboxylic acids is 2. The van der Waals surface area contributed by atoms with Crippen LogP contribution in [0.1, 0.15) is 11.1 Å². The summed E-state index contributed by atoms with van der Waals surface area (Å²) in [5.74, 6) is -0.687. The Morgan fingerprint density at radius 2 is 1.21 bits per heavy atom. The van der Waals surface area contributed by atoms with Gasteiger partial charge in [-0.3, -0.25) is 0 Å². The van der Waals surface area contributed by atoms with Gasteiger partial charge in [-0.25, -0.2) is 9.59 Å². The number of nitrogens with zero attached hydrogens (tertiary/aromatic N) is 2. The predicted octanol–water partition coefficient (Wildman–Crippen LogP) is 3.29. The third kappa shape index (κ3) is 5.81. The first-order valence-electron chi connectivity index (χ1n) is 8.29. The minimum atomic E-state index is -0.807. The minimum Gasteiger partial charge on any atom is -0.497 e. The molecule has 0 radical (unpaired) electrons. The van der Waals surface area contributed by atoms with Gasteiger partial charge in [0.1, 0.15) is 34.8 Å². The molecule has 0 bridgehead atoms. The van der Waals surface area contributed by atoms with Gasteiger partial charge >= 0.3 is 11.9 Å². The fourth-order valence-corrected chi connectivity index (χ4v) is 2.21. The molecule has 0 aliphatic rings. The first-order valence-corrected chi connectivity index (χ1v) is 8.29. The van der Waals surface area contributed by atoms with Crippen molar-refractivity contribution in [2.45, 2.75) is 0 Å². The maximum atomic E-state index is 12.3. The van der Waals surface area contributed by atoms with E-state index in [2.05, 4.69) is 4.74 Å². The molecule has 0 saturated heterocycles. The third-order valence-electron chi connectivity index (χ3n) is 3.69. The maximum absolute atomic E-state index is 12.3. The summed E-state index contributed by atoms with van der Waals surface area (Å²) >= 11 is 0. The summed E-state index contributed by atoms with van der Waals surface area (Å²) in [6, 6.07) is 16.5. The molecule has 2 aromatic rings. The molecule has 0 aliphatic heterocycles. The van der Waals surface area contributed by atoms with E-state index in [0.717, 1.165) is 0 Å². The van der Waals surface area contributed by atoms with E-state index in [-0.39, 0.29) is 16.9 Å². The van der Waals surface area contributed by atoms with Gasteiger partial charge in [0, 0.05) is 0 Å². The second-order valence-corrected chi connectivity index (χ2v) is 5.56. The van der Waals surface area contributed by atoms with E-state index in [1.165, 1.54) is 31.4 Å². The molecule has 0 aromatic heterocycles. The van der Waals surface area contributed by atoms with Crippen LogP contribution in [-0.4, -0.2) is 26.2 Å². The Balaban J connectivity index is 2.14. The van der Waals surface area contributed by atoms with Gasteiger partial charge in [-0.2, -0.15) is 10.5 Å². The van der Waals surface area contributed by atoms with Gasteiger partial charge in [-0.1, -0.05) is 24.3 Å². The SMILES string of the molecule is COC(=O)C(C#N)=Cc1ccc(OC(=O)C(C#N)=Cc2ccc(OC)cc2)cc1.